The lowest BCUT2D eigenvalue weighted by atomic mass is 10.3. The van der Waals surface area contributed by atoms with E-state index in [4.69, 9.17) is 0 Å². The number of amides is 2. The van der Waals surface area contributed by atoms with Crippen LogP contribution in [-0.4, -0.2) is 65.5 Å². The predicted octanol–water partition coefficient (Wildman–Crippen LogP) is 0.858. The van der Waals surface area contributed by atoms with Crippen molar-refractivity contribution in [1.29, 1.82) is 0 Å². The minimum Gasteiger partial charge on any atom is -0.354 e. The number of rotatable bonds is 8. The molecule has 0 saturated heterocycles. The molecule has 2 aromatic rings. The molecule has 0 aliphatic carbocycles. The number of nitrogens with zero attached hydrogens (tertiary/aromatic N) is 4. The number of aryl methyl sites for hydroxylation is 1. The van der Waals surface area contributed by atoms with Crippen molar-refractivity contribution in [2.24, 2.45) is 0 Å². The molecule has 2 aromatic heterocycles. The fraction of sp³-hybridized carbons (Fsp3) is 0.412. The summed E-state index contributed by atoms with van der Waals surface area (Å²) in [6.07, 6.45) is 3.81. The van der Waals surface area contributed by atoms with Crippen molar-refractivity contribution >= 4 is 17.5 Å². The summed E-state index contributed by atoms with van der Waals surface area (Å²) < 4.78 is 3.21. The molecule has 2 amide bonds. The van der Waals surface area contributed by atoms with Crippen LogP contribution in [0, 0.1) is 10.1 Å². The van der Waals surface area contributed by atoms with Gasteiger partial charge in [0, 0.05) is 32.9 Å². The van der Waals surface area contributed by atoms with Crippen LogP contribution >= 0.6 is 0 Å². The first-order chi connectivity index (χ1) is 12.8. The topological polar surface area (TPSA) is 114 Å². The molecule has 146 valence electrons. The van der Waals surface area contributed by atoms with Crippen LogP contribution < -0.4 is 10.6 Å². The zero-order chi connectivity index (χ0) is 20.1. The highest BCUT2D eigenvalue weighted by Gasteiger charge is 2.22. The van der Waals surface area contributed by atoms with E-state index < -0.39 is 10.8 Å². The van der Waals surface area contributed by atoms with E-state index >= 15 is 0 Å². The summed E-state index contributed by atoms with van der Waals surface area (Å²) in [6, 6.07) is 2.83. The molecular weight excluding hydrogens is 352 g/mol. The number of hydrogen-bond donors (Lipinski definition) is 2. The van der Waals surface area contributed by atoms with E-state index in [-0.39, 0.29) is 17.3 Å². The van der Waals surface area contributed by atoms with Gasteiger partial charge >= 0.3 is 0 Å². The second kappa shape index (κ2) is 8.49. The largest absolute Gasteiger partial charge is 0.354 e. The summed E-state index contributed by atoms with van der Waals surface area (Å²) in [4.78, 5) is 37.0. The third-order valence-electron chi connectivity index (χ3n) is 4.10. The molecular formula is C17H24N6O4. The monoisotopic (exact) mass is 376 g/mol. The first-order valence-corrected chi connectivity index (χ1v) is 8.44. The van der Waals surface area contributed by atoms with Gasteiger partial charge in [0.15, 0.2) is 0 Å². The van der Waals surface area contributed by atoms with E-state index in [1.54, 1.807) is 16.8 Å². The SMILES string of the molecule is CNC(=O)c1cc(-n2cc([N+](=O)[O-])cc2C(=O)NC)cn1CCCN(C)C. The van der Waals surface area contributed by atoms with Crippen molar-refractivity contribution < 1.29 is 14.5 Å². The Hall–Kier alpha value is -3.14. The van der Waals surface area contributed by atoms with Crippen LogP contribution in [0.1, 0.15) is 27.4 Å². The number of carbonyl (C=O) groups is 2. The van der Waals surface area contributed by atoms with Crippen LogP contribution in [0.5, 0.6) is 0 Å². The first kappa shape index (κ1) is 20.2. The van der Waals surface area contributed by atoms with Crippen molar-refractivity contribution in [3.05, 3.63) is 46.0 Å². The number of hydrogen-bond acceptors (Lipinski definition) is 5. The molecule has 0 aliphatic rings. The second-order valence-electron chi connectivity index (χ2n) is 6.30. The average molecular weight is 376 g/mol. The molecule has 0 spiro atoms. The fourth-order valence-corrected chi connectivity index (χ4v) is 2.75. The minimum atomic E-state index is -0.559. The summed E-state index contributed by atoms with van der Waals surface area (Å²) in [7, 11) is 6.92. The summed E-state index contributed by atoms with van der Waals surface area (Å²) >= 11 is 0. The molecule has 0 atom stereocenters. The van der Waals surface area contributed by atoms with Gasteiger partial charge in [-0.15, -0.1) is 0 Å². The van der Waals surface area contributed by atoms with Crippen molar-refractivity contribution in [3.63, 3.8) is 0 Å². The van der Waals surface area contributed by atoms with E-state index in [1.165, 1.54) is 30.9 Å². The van der Waals surface area contributed by atoms with Crippen LogP contribution in [0.15, 0.2) is 24.5 Å². The highest BCUT2D eigenvalue weighted by atomic mass is 16.6. The average Bonchev–Trinajstić information content (AvgIpc) is 3.24. The first-order valence-electron chi connectivity index (χ1n) is 8.44. The Labute approximate surface area is 156 Å². The van der Waals surface area contributed by atoms with Gasteiger partial charge in [0.25, 0.3) is 17.5 Å². The van der Waals surface area contributed by atoms with Gasteiger partial charge in [-0.05, 0) is 33.1 Å². The Balaban J connectivity index is 2.48. The molecule has 0 aliphatic heterocycles. The molecule has 2 heterocycles. The summed E-state index contributed by atoms with van der Waals surface area (Å²) in [5.74, 6) is -0.723. The molecule has 0 fully saturated rings. The highest BCUT2D eigenvalue weighted by Crippen LogP contribution is 2.23. The number of carbonyl (C=O) groups excluding carboxylic acids is 2. The summed E-state index contributed by atoms with van der Waals surface area (Å²) in [5, 5.41) is 16.2. The Kier molecular flexibility index (Phi) is 6.35. The molecule has 0 unspecified atom stereocenters. The molecule has 10 heteroatoms. The number of aromatic nitrogens is 2. The molecule has 10 nitrogen and oxygen atoms in total. The van der Waals surface area contributed by atoms with Crippen LogP contribution in [0.2, 0.25) is 0 Å². The van der Waals surface area contributed by atoms with Gasteiger partial charge in [0.2, 0.25) is 0 Å². The van der Waals surface area contributed by atoms with Gasteiger partial charge < -0.3 is 24.7 Å². The Bertz CT molecular complexity index is 852. The van der Waals surface area contributed by atoms with Crippen LogP contribution in [0.4, 0.5) is 5.69 Å². The molecule has 0 aromatic carbocycles. The molecule has 0 radical (unpaired) electrons. The standard InChI is InChI=1S/C17H24N6O4/c1-18-16(24)14-8-12(10-21(14)7-5-6-20(3)4)22-11-13(23(26)27)9-15(22)17(25)19-2/h8-11H,5-7H2,1-4H3,(H,18,24)(H,19,25). The zero-order valence-corrected chi connectivity index (χ0v) is 15.9. The zero-order valence-electron chi connectivity index (χ0n) is 15.9. The fourth-order valence-electron chi connectivity index (χ4n) is 2.75. The van der Waals surface area contributed by atoms with E-state index in [9.17, 15) is 19.7 Å². The highest BCUT2D eigenvalue weighted by molar-refractivity contribution is 5.95. The van der Waals surface area contributed by atoms with Gasteiger partial charge in [-0.25, -0.2) is 0 Å². The van der Waals surface area contributed by atoms with E-state index in [1.807, 2.05) is 19.0 Å². The third-order valence-corrected chi connectivity index (χ3v) is 4.10. The van der Waals surface area contributed by atoms with Crippen LogP contribution in [0.3, 0.4) is 0 Å². The molecule has 27 heavy (non-hydrogen) atoms. The Morgan fingerprint density at radius 1 is 1.11 bits per heavy atom. The third kappa shape index (κ3) is 4.53. The molecule has 0 bridgehead atoms. The normalized spacial score (nSPS) is 10.9. The lowest BCUT2D eigenvalue weighted by molar-refractivity contribution is -0.384. The quantitative estimate of drug-likeness (QED) is 0.524. The van der Waals surface area contributed by atoms with Crippen molar-refractivity contribution in [2.75, 3.05) is 34.7 Å². The Morgan fingerprint density at radius 3 is 2.30 bits per heavy atom. The van der Waals surface area contributed by atoms with E-state index in [2.05, 4.69) is 10.6 Å². The van der Waals surface area contributed by atoms with E-state index in [0.29, 0.717) is 17.9 Å². The van der Waals surface area contributed by atoms with Gasteiger partial charge in [-0.1, -0.05) is 0 Å². The molecule has 0 saturated carbocycles. The second-order valence-corrected chi connectivity index (χ2v) is 6.30. The Morgan fingerprint density at radius 2 is 1.74 bits per heavy atom. The van der Waals surface area contributed by atoms with Crippen LogP contribution in [-0.2, 0) is 6.54 Å². The maximum Gasteiger partial charge on any atom is 0.288 e. The van der Waals surface area contributed by atoms with Gasteiger partial charge in [0.1, 0.15) is 11.4 Å². The smallest absolute Gasteiger partial charge is 0.288 e. The van der Waals surface area contributed by atoms with Gasteiger partial charge in [0.05, 0.1) is 16.8 Å². The van der Waals surface area contributed by atoms with Crippen molar-refractivity contribution in [2.45, 2.75) is 13.0 Å². The maximum atomic E-state index is 12.2. The lowest BCUT2D eigenvalue weighted by Crippen LogP contribution is -2.22. The van der Waals surface area contributed by atoms with Crippen LogP contribution in [0.25, 0.3) is 5.69 Å². The van der Waals surface area contributed by atoms with Crippen molar-refractivity contribution in [1.82, 2.24) is 24.7 Å². The van der Waals surface area contributed by atoms with E-state index in [0.717, 1.165) is 13.0 Å². The van der Waals surface area contributed by atoms with Gasteiger partial charge in [-0.3, -0.25) is 19.7 Å². The summed E-state index contributed by atoms with van der Waals surface area (Å²) in [5.41, 5.74) is 0.851. The molecule has 2 rings (SSSR count). The minimum absolute atomic E-state index is 0.123. The lowest BCUT2D eigenvalue weighted by Gasteiger charge is -2.11. The summed E-state index contributed by atoms with van der Waals surface area (Å²) in [6.45, 7) is 1.44. The number of nitrogens with one attached hydrogen (secondary N) is 2. The predicted molar refractivity (Wildman–Crippen MR) is 100 cm³/mol. The maximum absolute atomic E-state index is 12.2. The molecule has 2 N–H and O–H groups in total. The van der Waals surface area contributed by atoms with Crippen molar-refractivity contribution in [3.8, 4) is 5.69 Å². The van der Waals surface area contributed by atoms with Gasteiger partial charge in [-0.2, -0.15) is 0 Å². The number of nitro groups is 1.